The van der Waals surface area contributed by atoms with Gasteiger partial charge in [0.05, 0.1) is 15.6 Å². The van der Waals surface area contributed by atoms with Crippen molar-refractivity contribution in [2.45, 2.75) is 42.6 Å². The van der Waals surface area contributed by atoms with Gasteiger partial charge in [-0.05, 0) is 24.7 Å². The van der Waals surface area contributed by atoms with Crippen molar-refractivity contribution in [2.75, 3.05) is 5.32 Å². The topological polar surface area (TPSA) is 96.3 Å². The highest BCUT2D eigenvalue weighted by atomic mass is 35.6. The minimum Gasteiger partial charge on any atom is -0.339 e. The van der Waals surface area contributed by atoms with Crippen molar-refractivity contribution in [3.63, 3.8) is 0 Å². The third-order valence-corrected chi connectivity index (χ3v) is 4.51. The molecule has 0 radical (unpaired) electrons. The smallest absolute Gasteiger partial charge is 0.271 e. The van der Waals surface area contributed by atoms with Crippen LogP contribution in [0.1, 0.15) is 32.6 Å². The first-order valence-electron chi connectivity index (χ1n) is 7.92. The average molecular weight is 476 g/mol. The van der Waals surface area contributed by atoms with Crippen molar-refractivity contribution in [1.82, 2.24) is 10.6 Å². The summed E-state index contributed by atoms with van der Waals surface area (Å²) >= 11 is 28.9. The Morgan fingerprint density at radius 3 is 2.48 bits per heavy atom. The van der Waals surface area contributed by atoms with Gasteiger partial charge in [0.15, 0.2) is 5.11 Å². The molecule has 0 fully saturated rings. The molecule has 0 aliphatic heterocycles. The number of alkyl halides is 3. The molecule has 1 unspecified atom stereocenters. The van der Waals surface area contributed by atoms with Crippen LogP contribution < -0.4 is 16.0 Å². The first-order chi connectivity index (χ1) is 12.5. The summed E-state index contributed by atoms with van der Waals surface area (Å²) in [5.74, 6) is -0.288. The van der Waals surface area contributed by atoms with E-state index in [0.717, 1.165) is 19.3 Å². The number of nitro benzene ring substituents is 1. The van der Waals surface area contributed by atoms with Crippen LogP contribution in [0, 0.1) is 10.1 Å². The number of amides is 1. The Labute approximate surface area is 182 Å². The molecular weight excluding hydrogens is 458 g/mol. The van der Waals surface area contributed by atoms with E-state index in [9.17, 15) is 14.9 Å². The number of non-ortho nitro benzene ring substituents is 1. The van der Waals surface area contributed by atoms with Gasteiger partial charge in [0.1, 0.15) is 6.17 Å². The lowest BCUT2D eigenvalue weighted by molar-refractivity contribution is -0.384. The second kappa shape index (κ2) is 11.1. The van der Waals surface area contributed by atoms with Crippen LogP contribution in [0.25, 0.3) is 0 Å². The van der Waals surface area contributed by atoms with Crippen molar-refractivity contribution < 1.29 is 9.72 Å². The number of anilines is 1. The predicted octanol–water partition coefficient (Wildman–Crippen LogP) is 4.93. The Balaban J connectivity index is 2.74. The van der Waals surface area contributed by atoms with E-state index >= 15 is 0 Å². The predicted molar refractivity (Wildman–Crippen MR) is 114 cm³/mol. The Morgan fingerprint density at radius 1 is 1.30 bits per heavy atom. The van der Waals surface area contributed by atoms with Gasteiger partial charge in [0, 0.05) is 18.6 Å². The van der Waals surface area contributed by atoms with Gasteiger partial charge < -0.3 is 16.0 Å². The monoisotopic (exact) mass is 474 g/mol. The van der Waals surface area contributed by atoms with Crippen LogP contribution in [0.3, 0.4) is 0 Å². The lowest BCUT2D eigenvalue weighted by Gasteiger charge is -2.28. The molecule has 0 aliphatic rings. The summed E-state index contributed by atoms with van der Waals surface area (Å²) in [5.41, 5.74) is 0.153. The first kappa shape index (κ1) is 24.0. The van der Waals surface area contributed by atoms with Gasteiger partial charge in [-0.15, -0.1) is 0 Å². The summed E-state index contributed by atoms with van der Waals surface area (Å²) < 4.78 is -1.87. The largest absolute Gasteiger partial charge is 0.339 e. The van der Waals surface area contributed by atoms with Crippen LogP contribution in [-0.4, -0.2) is 25.9 Å². The number of nitrogens with zero attached hydrogens (tertiary/aromatic N) is 1. The summed E-state index contributed by atoms with van der Waals surface area (Å²) in [6.07, 6.45) is 1.81. The van der Waals surface area contributed by atoms with Crippen LogP contribution in [0.5, 0.6) is 0 Å². The minimum absolute atomic E-state index is 0.0101. The first-order valence-corrected chi connectivity index (χ1v) is 9.84. The van der Waals surface area contributed by atoms with Crippen LogP contribution in [0.15, 0.2) is 18.2 Å². The number of carbonyl (C=O) groups is 1. The summed E-state index contributed by atoms with van der Waals surface area (Å²) in [4.78, 5) is 22.2. The molecule has 1 amide bonds. The average Bonchev–Trinajstić information content (AvgIpc) is 2.55. The van der Waals surface area contributed by atoms with Crippen molar-refractivity contribution >= 4 is 81.0 Å². The summed E-state index contributed by atoms with van der Waals surface area (Å²) in [6, 6.07) is 3.83. The molecule has 0 saturated carbocycles. The van der Waals surface area contributed by atoms with Gasteiger partial charge in [-0.1, -0.05) is 66.2 Å². The van der Waals surface area contributed by atoms with E-state index in [2.05, 4.69) is 16.0 Å². The zero-order valence-corrected chi connectivity index (χ0v) is 18.1. The fourth-order valence-corrected chi connectivity index (χ4v) is 2.75. The second-order valence-electron chi connectivity index (χ2n) is 5.52. The summed E-state index contributed by atoms with van der Waals surface area (Å²) in [7, 11) is 0. The van der Waals surface area contributed by atoms with Crippen molar-refractivity contribution in [3.8, 4) is 0 Å². The number of unbranched alkanes of at least 4 members (excludes halogenated alkanes) is 2. The van der Waals surface area contributed by atoms with Gasteiger partial charge in [-0.25, -0.2) is 0 Å². The maximum absolute atomic E-state index is 12.0. The molecule has 1 aromatic carbocycles. The van der Waals surface area contributed by atoms with E-state index < -0.39 is 14.9 Å². The molecule has 0 spiro atoms. The molecule has 0 aromatic heterocycles. The van der Waals surface area contributed by atoms with E-state index in [-0.39, 0.29) is 21.7 Å². The highest BCUT2D eigenvalue weighted by Crippen LogP contribution is 2.30. The Bertz CT molecular complexity index is 700. The van der Waals surface area contributed by atoms with Crippen LogP contribution >= 0.6 is 58.6 Å². The molecule has 1 rings (SSSR count). The maximum atomic E-state index is 12.0. The number of carbonyl (C=O) groups excluding carboxylic acids is 1. The van der Waals surface area contributed by atoms with Gasteiger partial charge >= 0.3 is 0 Å². The second-order valence-corrected chi connectivity index (χ2v) is 8.70. The fraction of sp³-hybridized carbons (Fsp3) is 0.467. The van der Waals surface area contributed by atoms with Gasteiger partial charge in [-0.2, -0.15) is 0 Å². The van der Waals surface area contributed by atoms with Crippen molar-refractivity contribution in [3.05, 3.63) is 33.3 Å². The highest BCUT2D eigenvalue weighted by Gasteiger charge is 2.34. The molecule has 0 saturated heterocycles. The molecule has 7 nitrogen and oxygen atoms in total. The highest BCUT2D eigenvalue weighted by molar-refractivity contribution is 7.80. The van der Waals surface area contributed by atoms with E-state index in [1.54, 1.807) is 0 Å². The Morgan fingerprint density at radius 2 is 1.96 bits per heavy atom. The van der Waals surface area contributed by atoms with Gasteiger partial charge in [-0.3, -0.25) is 14.9 Å². The lowest BCUT2D eigenvalue weighted by atomic mass is 10.2. The number of hydrogen-bond donors (Lipinski definition) is 3. The molecule has 0 aliphatic carbocycles. The normalized spacial score (nSPS) is 12.2. The Hall–Kier alpha value is -1.06. The number of thiocarbonyl (C=S) groups is 1. The van der Waals surface area contributed by atoms with E-state index in [1.165, 1.54) is 18.2 Å². The maximum Gasteiger partial charge on any atom is 0.271 e. The number of halogens is 4. The summed E-state index contributed by atoms with van der Waals surface area (Å²) in [5, 5.41) is 18.8. The SMILES string of the molecule is CCCCCC(=O)NC(NC(=S)Nc1ccc([N+](=O)[O-])cc1Cl)C(Cl)(Cl)Cl. The van der Waals surface area contributed by atoms with Crippen LogP contribution in [0.4, 0.5) is 11.4 Å². The number of nitrogens with one attached hydrogen (secondary N) is 3. The van der Waals surface area contributed by atoms with Crippen LogP contribution in [0.2, 0.25) is 5.02 Å². The third-order valence-electron chi connectivity index (χ3n) is 3.33. The third kappa shape index (κ3) is 8.66. The molecule has 27 heavy (non-hydrogen) atoms. The molecule has 1 atom stereocenters. The number of rotatable bonds is 8. The molecule has 3 N–H and O–H groups in total. The Kier molecular flexibility index (Phi) is 9.83. The van der Waals surface area contributed by atoms with E-state index in [1.807, 2.05) is 6.92 Å². The minimum atomic E-state index is -1.87. The number of benzene rings is 1. The van der Waals surface area contributed by atoms with E-state index in [0.29, 0.717) is 12.1 Å². The quantitative estimate of drug-likeness (QED) is 0.123. The number of hydrogen-bond acceptors (Lipinski definition) is 4. The summed E-state index contributed by atoms with van der Waals surface area (Å²) in [6.45, 7) is 2.02. The molecular formula is C15H18Cl4N4O3S. The molecule has 150 valence electrons. The molecule has 1 aromatic rings. The zero-order valence-electron chi connectivity index (χ0n) is 14.2. The van der Waals surface area contributed by atoms with E-state index in [4.69, 9.17) is 58.6 Å². The molecule has 0 bridgehead atoms. The van der Waals surface area contributed by atoms with Gasteiger partial charge in [0.25, 0.3) is 5.69 Å². The van der Waals surface area contributed by atoms with Crippen molar-refractivity contribution in [1.29, 1.82) is 0 Å². The van der Waals surface area contributed by atoms with Gasteiger partial charge in [0.2, 0.25) is 9.70 Å². The van der Waals surface area contributed by atoms with Crippen molar-refractivity contribution in [2.24, 2.45) is 0 Å². The zero-order chi connectivity index (χ0) is 20.6. The number of nitro groups is 1. The van der Waals surface area contributed by atoms with Crippen LogP contribution in [-0.2, 0) is 4.79 Å². The molecule has 0 heterocycles. The lowest BCUT2D eigenvalue weighted by Crippen LogP contribution is -2.56. The standard InChI is InChI=1S/C15H18Cl4N4O3S/c1-2-3-4-5-12(24)21-13(15(17,18)19)22-14(27)20-11-7-6-9(23(25)26)8-10(11)16/h6-8,13H,2-5H2,1H3,(H,21,24)(H2,20,22,27). The molecule has 12 heteroatoms. The fourth-order valence-electron chi connectivity index (χ4n) is 1.98.